The van der Waals surface area contributed by atoms with E-state index < -0.39 is 0 Å². The summed E-state index contributed by atoms with van der Waals surface area (Å²) in [5, 5.41) is 0. The van der Waals surface area contributed by atoms with Crippen LogP contribution in [0.3, 0.4) is 0 Å². The average molecular weight is 255 g/mol. The summed E-state index contributed by atoms with van der Waals surface area (Å²) in [5.41, 5.74) is 11.6. The van der Waals surface area contributed by atoms with Gasteiger partial charge in [0.2, 0.25) is 0 Å². The molecule has 0 amide bonds. The molecule has 0 heterocycles. The third-order valence-electron chi connectivity index (χ3n) is 3.21. The maximum Gasteiger partial charge on any atom is 0.125 e. The van der Waals surface area contributed by atoms with Crippen molar-refractivity contribution in [3.05, 3.63) is 64.2 Å². The third-order valence-corrected chi connectivity index (χ3v) is 3.21. The van der Waals surface area contributed by atoms with Crippen LogP contribution < -0.4 is 10.5 Å². The van der Waals surface area contributed by atoms with Crippen molar-refractivity contribution in [3.8, 4) is 5.75 Å². The summed E-state index contributed by atoms with van der Waals surface area (Å²) in [5.74, 6) is 0.990. The van der Waals surface area contributed by atoms with Gasteiger partial charge in [0.25, 0.3) is 0 Å². The molecule has 2 nitrogen and oxygen atoms in total. The molecular formula is C17H21NO. The minimum Gasteiger partial charge on any atom is -0.488 e. The first-order valence-electron chi connectivity index (χ1n) is 6.58. The standard InChI is InChI=1S/C17H21NO/c1-12-7-13(2)17(14(3)8-12)19-11-16-6-4-5-15(9-16)10-18/h4-9H,10-11,18H2,1-3H3. The average Bonchev–Trinajstić information content (AvgIpc) is 2.37. The SMILES string of the molecule is Cc1cc(C)c(OCc2cccc(CN)c2)c(C)c1. The Hall–Kier alpha value is -1.80. The van der Waals surface area contributed by atoms with Crippen LogP contribution in [0.5, 0.6) is 5.75 Å². The molecule has 100 valence electrons. The van der Waals surface area contributed by atoms with Gasteiger partial charge in [0.05, 0.1) is 0 Å². The van der Waals surface area contributed by atoms with E-state index >= 15 is 0 Å². The van der Waals surface area contributed by atoms with E-state index in [1.165, 1.54) is 16.7 Å². The van der Waals surface area contributed by atoms with Gasteiger partial charge in [0, 0.05) is 6.54 Å². The fourth-order valence-electron chi connectivity index (χ4n) is 2.40. The van der Waals surface area contributed by atoms with E-state index in [0.717, 1.165) is 16.9 Å². The fraction of sp³-hybridized carbons (Fsp3) is 0.294. The number of aryl methyl sites for hydroxylation is 3. The molecular weight excluding hydrogens is 234 g/mol. The zero-order valence-electron chi connectivity index (χ0n) is 11.9. The van der Waals surface area contributed by atoms with E-state index in [0.29, 0.717) is 13.2 Å². The van der Waals surface area contributed by atoms with Crippen LogP contribution in [0.4, 0.5) is 0 Å². The van der Waals surface area contributed by atoms with Gasteiger partial charge >= 0.3 is 0 Å². The first-order chi connectivity index (χ1) is 9.10. The van der Waals surface area contributed by atoms with Crippen molar-refractivity contribution >= 4 is 0 Å². The van der Waals surface area contributed by atoms with E-state index in [1.807, 2.05) is 12.1 Å². The minimum atomic E-state index is 0.566. The Kier molecular flexibility index (Phi) is 4.23. The molecule has 0 atom stereocenters. The van der Waals surface area contributed by atoms with Gasteiger partial charge in [0.1, 0.15) is 12.4 Å². The molecule has 2 N–H and O–H groups in total. The van der Waals surface area contributed by atoms with Crippen LogP contribution in [0, 0.1) is 20.8 Å². The van der Waals surface area contributed by atoms with Crippen molar-refractivity contribution in [1.29, 1.82) is 0 Å². The van der Waals surface area contributed by atoms with E-state index in [1.54, 1.807) is 0 Å². The Morgan fingerprint density at radius 3 is 2.21 bits per heavy atom. The molecule has 0 fully saturated rings. The Labute approximate surface area is 115 Å². The first-order valence-corrected chi connectivity index (χ1v) is 6.58. The van der Waals surface area contributed by atoms with Gasteiger partial charge in [-0.25, -0.2) is 0 Å². The van der Waals surface area contributed by atoms with Gasteiger partial charge in [-0.1, -0.05) is 42.0 Å². The van der Waals surface area contributed by atoms with Gasteiger partial charge in [0.15, 0.2) is 0 Å². The molecule has 0 saturated heterocycles. The number of rotatable bonds is 4. The highest BCUT2D eigenvalue weighted by atomic mass is 16.5. The molecule has 2 rings (SSSR count). The molecule has 19 heavy (non-hydrogen) atoms. The number of hydrogen-bond donors (Lipinski definition) is 1. The second-order valence-corrected chi connectivity index (χ2v) is 5.04. The van der Waals surface area contributed by atoms with Crippen molar-refractivity contribution in [2.45, 2.75) is 33.9 Å². The molecule has 2 heteroatoms. The number of hydrogen-bond acceptors (Lipinski definition) is 2. The Balaban J connectivity index is 2.14. The predicted octanol–water partition coefficient (Wildman–Crippen LogP) is 3.65. The van der Waals surface area contributed by atoms with Crippen LogP contribution in [0.15, 0.2) is 36.4 Å². The summed E-state index contributed by atoms with van der Waals surface area (Å²) in [6, 6.07) is 12.5. The van der Waals surface area contributed by atoms with E-state index in [-0.39, 0.29) is 0 Å². The topological polar surface area (TPSA) is 35.2 Å². The highest BCUT2D eigenvalue weighted by Crippen LogP contribution is 2.25. The van der Waals surface area contributed by atoms with Crippen LogP contribution >= 0.6 is 0 Å². The van der Waals surface area contributed by atoms with Crippen LogP contribution in [-0.2, 0) is 13.2 Å². The summed E-state index contributed by atoms with van der Waals surface area (Å²) in [7, 11) is 0. The van der Waals surface area contributed by atoms with Crippen molar-refractivity contribution < 1.29 is 4.74 Å². The molecule has 0 aliphatic carbocycles. The van der Waals surface area contributed by atoms with E-state index in [4.69, 9.17) is 10.5 Å². The maximum atomic E-state index is 5.97. The molecule has 0 unspecified atom stereocenters. The summed E-state index contributed by atoms with van der Waals surface area (Å²) >= 11 is 0. The maximum absolute atomic E-state index is 5.97. The molecule has 0 aliphatic rings. The minimum absolute atomic E-state index is 0.566. The second kappa shape index (κ2) is 5.89. The molecule has 0 aliphatic heterocycles. The van der Waals surface area contributed by atoms with Gasteiger partial charge in [-0.15, -0.1) is 0 Å². The molecule has 0 spiro atoms. The number of benzene rings is 2. The fourth-order valence-corrected chi connectivity index (χ4v) is 2.40. The van der Waals surface area contributed by atoms with Crippen LogP contribution in [0.25, 0.3) is 0 Å². The Bertz CT molecular complexity index is 552. The van der Waals surface area contributed by atoms with Gasteiger partial charge in [-0.3, -0.25) is 0 Å². The van der Waals surface area contributed by atoms with Crippen LogP contribution in [0.1, 0.15) is 27.8 Å². The molecule has 2 aromatic carbocycles. The Morgan fingerprint density at radius 1 is 0.947 bits per heavy atom. The van der Waals surface area contributed by atoms with Crippen LogP contribution in [0.2, 0.25) is 0 Å². The zero-order valence-corrected chi connectivity index (χ0v) is 11.9. The lowest BCUT2D eigenvalue weighted by Gasteiger charge is -2.13. The normalized spacial score (nSPS) is 10.5. The van der Waals surface area contributed by atoms with Gasteiger partial charge in [-0.2, -0.15) is 0 Å². The molecule has 2 aromatic rings. The third kappa shape index (κ3) is 3.36. The molecule has 0 radical (unpaired) electrons. The lowest BCUT2D eigenvalue weighted by Crippen LogP contribution is -2.01. The predicted molar refractivity (Wildman–Crippen MR) is 79.3 cm³/mol. The van der Waals surface area contributed by atoms with Gasteiger partial charge in [-0.05, 0) is 43.0 Å². The van der Waals surface area contributed by atoms with Gasteiger partial charge < -0.3 is 10.5 Å². The van der Waals surface area contributed by atoms with Crippen molar-refractivity contribution in [3.63, 3.8) is 0 Å². The first kappa shape index (κ1) is 13.6. The summed E-state index contributed by atoms with van der Waals surface area (Å²) in [6.07, 6.45) is 0. The lowest BCUT2D eigenvalue weighted by molar-refractivity contribution is 0.302. The van der Waals surface area contributed by atoms with E-state index in [9.17, 15) is 0 Å². The molecule has 0 aromatic heterocycles. The van der Waals surface area contributed by atoms with Crippen LogP contribution in [-0.4, -0.2) is 0 Å². The molecule has 0 bridgehead atoms. The molecule has 0 saturated carbocycles. The zero-order chi connectivity index (χ0) is 13.8. The lowest BCUT2D eigenvalue weighted by atomic mass is 10.1. The quantitative estimate of drug-likeness (QED) is 0.905. The highest BCUT2D eigenvalue weighted by molar-refractivity contribution is 5.43. The van der Waals surface area contributed by atoms with Crippen molar-refractivity contribution in [2.75, 3.05) is 0 Å². The van der Waals surface area contributed by atoms with E-state index in [2.05, 4.69) is 45.0 Å². The summed E-state index contributed by atoms with van der Waals surface area (Å²) < 4.78 is 5.97. The largest absolute Gasteiger partial charge is 0.488 e. The summed E-state index contributed by atoms with van der Waals surface area (Å²) in [4.78, 5) is 0. The number of ether oxygens (including phenoxy) is 1. The number of nitrogens with two attached hydrogens (primary N) is 1. The van der Waals surface area contributed by atoms with Crippen molar-refractivity contribution in [2.24, 2.45) is 5.73 Å². The highest BCUT2D eigenvalue weighted by Gasteiger charge is 2.05. The Morgan fingerprint density at radius 2 is 1.58 bits per heavy atom. The monoisotopic (exact) mass is 255 g/mol. The summed E-state index contributed by atoms with van der Waals surface area (Å²) in [6.45, 7) is 7.43. The second-order valence-electron chi connectivity index (χ2n) is 5.04. The smallest absolute Gasteiger partial charge is 0.125 e. The van der Waals surface area contributed by atoms with Crippen molar-refractivity contribution in [1.82, 2.24) is 0 Å².